The van der Waals surface area contributed by atoms with Crippen molar-refractivity contribution in [3.8, 4) is 0 Å². The van der Waals surface area contributed by atoms with Crippen LogP contribution in [-0.4, -0.2) is 19.4 Å². The van der Waals surface area contributed by atoms with Crippen LogP contribution in [0.1, 0.15) is 39.0 Å². The van der Waals surface area contributed by atoms with Crippen LogP contribution in [0.5, 0.6) is 0 Å². The van der Waals surface area contributed by atoms with Crippen molar-refractivity contribution < 1.29 is 14.3 Å². The van der Waals surface area contributed by atoms with Gasteiger partial charge in [0.2, 0.25) is 0 Å². The van der Waals surface area contributed by atoms with Crippen LogP contribution in [0.4, 0.5) is 4.79 Å². The lowest BCUT2D eigenvalue weighted by atomic mass is 9.99. The van der Waals surface area contributed by atoms with Crippen LogP contribution in [0.25, 0.3) is 0 Å². The highest BCUT2D eigenvalue weighted by molar-refractivity contribution is 5.59. The van der Waals surface area contributed by atoms with Gasteiger partial charge >= 0.3 is 6.16 Å². The molecule has 0 radical (unpaired) electrons. The number of carbonyl (C=O) groups excluding carboxylic acids is 1. The zero-order valence-electron chi connectivity index (χ0n) is 8.91. The van der Waals surface area contributed by atoms with Crippen LogP contribution in [0, 0.1) is 0 Å². The van der Waals surface area contributed by atoms with Crippen molar-refractivity contribution in [1.82, 2.24) is 0 Å². The van der Waals surface area contributed by atoms with Gasteiger partial charge in [-0.05, 0) is 39.0 Å². The molecule has 14 heavy (non-hydrogen) atoms. The van der Waals surface area contributed by atoms with E-state index in [2.05, 4.69) is 17.7 Å². The van der Waals surface area contributed by atoms with Crippen molar-refractivity contribution in [2.45, 2.75) is 45.1 Å². The molecule has 80 valence electrons. The molecule has 0 heterocycles. The van der Waals surface area contributed by atoms with Gasteiger partial charge in [0.05, 0.1) is 7.11 Å². The minimum atomic E-state index is -0.558. The zero-order chi connectivity index (χ0) is 10.4. The first kappa shape index (κ1) is 11.1. The van der Waals surface area contributed by atoms with Crippen molar-refractivity contribution in [3.05, 3.63) is 11.6 Å². The van der Waals surface area contributed by atoms with Gasteiger partial charge < -0.3 is 9.47 Å². The Morgan fingerprint density at radius 3 is 3.00 bits per heavy atom. The van der Waals surface area contributed by atoms with E-state index >= 15 is 0 Å². The standard InChI is InChI=1S/C11H18O3/c1-9-5-3-4-6-10(8-7-9)14-11(12)13-2/h5,10H,3-4,6-8H2,1-2H3. The van der Waals surface area contributed by atoms with E-state index in [0.717, 1.165) is 32.1 Å². The number of allylic oxidation sites excluding steroid dienone is 2. The van der Waals surface area contributed by atoms with Gasteiger partial charge in [-0.2, -0.15) is 0 Å². The first-order valence-electron chi connectivity index (χ1n) is 5.12. The van der Waals surface area contributed by atoms with Crippen molar-refractivity contribution >= 4 is 6.16 Å². The molecule has 0 saturated carbocycles. The second-order valence-corrected chi connectivity index (χ2v) is 3.71. The Morgan fingerprint density at radius 1 is 1.50 bits per heavy atom. The fourth-order valence-electron chi connectivity index (χ4n) is 1.63. The lowest BCUT2D eigenvalue weighted by Crippen LogP contribution is -2.19. The molecular formula is C11H18O3. The normalized spacial score (nSPS) is 23.0. The number of hydrogen-bond donors (Lipinski definition) is 0. The Labute approximate surface area is 85.1 Å². The molecule has 3 heteroatoms. The summed E-state index contributed by atoms with van der Waals surface area (Å²) in [7, 11) is 1.34. The number of rotatable bonds is 1. The van der Waals surface area contributed by atoms with Gasteiger partial charge in [0, 0.05) is 0 Å². The van der Waals surface area contributed by atoms with Crippen molar-refractivity contribution in [2.75, 3.05) is 7.11 Å². The summed E-state index contributed by atoms with van der Waals surface area (Å²) in [6.45, 7) is 2.13. The molecule has 0 aromatic rings. The molecule has 1 atom stereocenters. The zero-order valence-corrected chi connectivity index (χ0v) is 8.91. The maximum Gasteiger partial charge on any atom is 0.508 e. The van der Waals surface area contributed by atoms with Gasteiger partial charge in [0.1, 0.15) is 6.10 Å². The van der Waals surface area contributed by atoms with Gasteiger partial charge in [-0.1, -0.05) is 11.6 Å². The number of ether oxygens (including phenoxy) is 2. The Kier molecular flexibility index (Phi) is 4.50. The molecule has 1 aliphatic rings. The van der Waals surface area contributed by atoms with Gasteiger partial charge in [0.15, 0.2) is 0 Å². The lowest BCUT2D eigenvalue weighted by Gasteiger charge is -2.18. The Bertz CT molecular complexity index is 221. The third kappa shape index (κ3) is 3.81. The van der Waals surface area contributed by atoms with Gasteiger partial charge in [0.25, 0.3) is 0 Å². The van der Waals surface area contributed by atoms with E-state index in [1.54, 1.807) is 0 Å². The molecule has 0 fully saturated rings. The van der Waals surface area contributed by atoms with Crippen LogP contribution < -0.4 is 0 Å². The highest BCUT2D eigenvalue weighted by Crippen LogP contribution is 2.19. The van der Waals surface area contributed by atoms with Crippen LogP contribution in [0.3, 0.4) is 0 Å². The lowest BCUT2D eigenvalue weighted by molar-refractivity contribution is 0.0297. The smallest absolute Gasteiger partial charge is 0.438 e. The second kappa shape index (κ2) is 5.68. The molecule has 0 N–H and O–H groups in total. The summed E-state index contributed by atoms with van der Waals surface area (Å²) in [5, 5.41) is 0. The summed E-state index contributed by atoms with van der Waals surface area (Å²) in [5.41, 5.74) is 1.39. The van der Waals surface area contributed by atoms with E-state index in [-0.39, 0.29) is 6.10 Å². The van der Waals surface area contributed by atoms with Gasteiger partial charge in [-0.15, -0.1) is 0 Å². The summed E-state index contributed by atoms with van der Waals surface area (Å²) in [5.74, 6) is 0. The summed E-state index contributed by atoms with van der Waals surface area (Å²) in [6, 6.07) is 0. The Balaban J connectivity index is 2.39. The largest absolute Gasteiger partial charge is 0.508 e. The van der Waals surface area contributed by atoms with Gasteiger partial charge in [-0.3, -0.25) is 0 Å². The molecule has 0 amide bonds. The molecule has 1 aliphatic carbocycles. The van der Waals surface area contributed by atoms with Crippen molar-refractivity contribution in [1.29, 1.82) is 0 Å². The quantitative estimate of drug-likeness (QED) is 0.480. The maximum absolute atomic E-state index is 10.9. The summed E-state index contributed by atoms with van der Waals surface area (Å²) in [4.78, 5) is 10.9. The highest BCUT2D eigenvalue weighted by Gasteiger charge is 2.15. The average Bonchev–Trinajstić information content (AvgIpc) is 2.16. The first-order chi connectivity index (χ1) is 6.72. The summed E-state index contributed by atoms with van der Waals surface area (Å²) < 4.78 is 9.61. The molecule has 0 saturated heterocycles. The predicted molar refractivity (Wildman–Crippen MR) is 54.1 cm³/mol. The maximum atomic E-state index is 10.9. The third-order valence-electron chi connectivity index (χ3n) is 2.51. The number of methoxy groups -OCH3 is 1. The molecule has 0 bridgehead atoms. The van der Waals surface area contributed by atoms with E-state index in [4.69, 9.17) is 4.74 Å². The van der Waals surface area contributed by atoms with E-state index in [1.807, 2.05) is 0 Å². The fraction of sp³-hybridized carbons (Fsp3) is 0.727. The predicted octanol–water partition coefficient (Wildman–Crippen LogP) is 3.05. The third-order valence-corrected chi connectivity index (χ3v) is 2.51. The summed E-state index contributed by atoms with van der Waals surface area (Å²) >= 11 is 0. The monoisotopic (exact) mass is 198 g/mol. The SMILES string of the molecule is COC(=O)OC1CCCC=C(C)CC1. The minimum absolute atomic E-state index is 0.0334. The molecule has 1 unspecified atom stereocenters. The van der Waals surface area contributed by atoms with Crippen LogP contribution in [-0.2, 0) is 9.47 Å². The molecule has 0 aromatic heterocycles. The van der Waals surface area contributed by atoms with E-state index in [9.17, 15) is 4.79 Å². The Hall–Kier alpha value is -0.990. The van der Waals surface area contributed by atoms with E-state index in [0.29, 0.717) is 0 Å². The molecule has 1 rings (SSSR count). The highest BCUT2D eigenvalue weighted by atomic mass is 16.7. The molecular weight excluding hydrogens is 180 g/mol. The van der Waals surface area contributed by atoms with E-state index < -0.39 is 6.16 Å². The summed E-state index contributed by atoms with van der Waals surface area (Å²) in [6.07, 6.45) is 6.79. The average molecular weight is 198 g/mol. The second-order valence-electron chi connectivity index (χ2n) is 3.71. The van der Waals surface area contributed by atoms with Crippen LogP contribution in [0.15, 0.2) is 11.6 Å². The fourth-order valence-corrected chi connectivity index (χ4v) is 1.63. The topological polar surface area (TPSA) is 35.5 Å². The molecule has 0 aromatic carbocycles. The molecule has 0 aliphatic heterocycles. The first-order valence-corrected chi connectivity index (χ1v) is 5.12. The molecule has 3 nitrogen and oxygen atoms in total. The number of carbonyl (C=O) groups is 1. The molecule has 0 spiro atoms. The number of hydrogen-bond acceptors (Lipinski definition) is 3. The van der Waals surface area contributed by atoms with Crippen LogP contribution in [0.2, 0.25) is 0 Å². The van der Waals surface area contributed by atoms with E-state index in [1.165, 1.54) is 12.7 Å². The van der Waals surface area contributed by atoms with Crippen molar-refractivity contribution in [3.63, 3.8) is 0 Å². The van der Waals surface area contributed by atoms with Crippen LogP contribution >= 0.6 is 0 Å². The minimum Gasteiger partial charge on any atom is -0.438 e. The van der Waals surface area contributed by atoms with Crippen molar-refractivity contribution in [2.24, 2.45) is 0 Å². The Morgan fingerprint density at radius 2 is 2.29 bits per heavy atom. The van der Waals surface area contributed by atoms with Gasteiger partial charge in [-0.25, -0.2) is 4.79 Å².